The number of sulfonamides is 1. The Bertz CT molecular complexity index is 662. The summed E-state index contributed by atoms with van der Waals surface area (Å²) in [5.41, 5.74) is 0. The molecule has 0 heterocycles. The van der Waals surface area contributed by atoms with E-state index in [0.717, 1.165) is 0 Å². The van der Waals surface area contributed by atoms with E-state index in [1.165, 1.54) is 23.1 Å². The highest BCUT2D eigenvalue weighted by Gasteiger charge is 2.14. The molecule has 0 unspecified atom stereocenters. The molecule has 0 aliphatic heterocycles. The van der Waals surface area contributed by atoms with Crippen molar-refractivity contribution in [1.29, 1.82) is 0 Å². The number of rotatable bonds is 8. The molecule has 2 amide bonds. The lowest BCUT2D eigenvalue weighted by Gasteiger charge is -2.11. The first kappa shape index (κ1) is 19.4. The molecule has 7 nitrogen and oxygen atoms in total. The molecule has 1 aromatic rings. The SMILES string of the molecule is CN(C)C(=O)CCNC(=O)CCNS(=O)(=O)c1cccc(Cl)c1. The van der Waals surface area contributed by atoms with Gasteiger partial charge in [0.15, 0.2) is 0 Å². The second-order valence-electron chi connectivity index (χ2n) is 4.99. The van der Waals surface area contributed by atoms with E-state index in [9.17, 15) is 18.0 Å². The van der Waals surface area contributed by atoms with Gasteiger partial charge in [-0.3, -0.25) is 9.59 Å². The van der Waals surface area contributed by atoms with Crippen molar-refractivity contribution in [1.82, 2.24) is 14.9 Å². The lowest BCUT2D eigenvalue weighted by molar-refractivity contribution is -0.128. The van der Waals surface area contributed by atoms with E-state index in [0.29, 0.717) is 5.02 Å². The van der Waals surface area contributed by atoms with Gasteiger partial charge in [0.2, 0.25) is 21.8 Å². The van der Waals surface area contributed by atoms with Gasteiger partial charge in [0.05, 0.1) is 4.90 Å². The molecule has 0 aliphatic rings. The molecule has 0 radical (unpaired) electrons. The Labute approximate surface area is 141 Å². The minimum Gasteiger partial charge on any atom is -0.356 e. The number of hydrogen-bond acceptors (Lipinski definition) is 4. The van der Waals surface area contributed by atoms with Crippen LogP contribution in [0.2, 0.25) is 5.02 Å². The number of benzene rings is 1. The van der Waals surface area contributed by atoms with Crippen molar-refractivity contribution >= 4 is 33.4 Å². The van der Waals surface area contributed by atoms with Gasteiger partial charge in [0.25, 0.3) is 0 Å². The van der Waals surface area contributed by atoms with Crippen LogP contribution < -0.4 is 10.0 Å². The summed E-state index contributed by atoms with van der Waals surface area (Å²) in [5, 5.41) is 2.88. The predicted molar refractivity (Wildman–Crippen MR) is 87.6 cm³/mol. The van der Waals surface area contributed by atoms with Crippen molar-refractivity contribution in [2.24, 2.45) is 0 Å². The third-order valence-electron chi connectivity index (χ3n) is 2.91. The van der Waals surface area contributed by atoms with Gasteiger partial charge in [-0.2, -0.15) is 0 Å². The summed E-state index contributed by atoms with van der Waals surface area (Å²) >= 11 is 5.75. The Kier molecular flexibility index (Phi) is 7.47. The van der Waals surface area contributed by atoms with Crippen LogP contribution in [0.1, 0.15) is 12.8 Å². The molecule has 1 rings (SSSR count). The van der Waals surface area contributed by atoms with Crippen molar-refractivity contribution in [3.05, 3.63) is 29.3 Å². The summed E-state index contributed by atoms with van der Waals surface area (Å²) in [6.07, 6.45) is 0.183. The van der Waals surface area contributed by atoms with Gasteiger partial charge in [-0.25, -0.2) is 13.1 Å². The fraction of sp³-hybridized carbons (Fsp3) is 0.429. The van der Waals surface area contributed by atoms with E-state index in [1.807, 2.05) is 0 Å². The zero-order chi connectivity index (χ0) is 17.5. The zero-order valence-electron chi connectivity index (χ0n) is 13.0. The van der Waals surface area contributed by atoms with Crippen LogP contribution in [0.4, 0.5) is 0 Å². The van der Waals surface area contributed by atoms with Crippen molar-refractivity contribution < 1.29 is 18.0 Å². The molecule has 0 aliphatic carbocycles. The van der Waals surface area contributed by atoms with Crippen molar-refractivity contribution in [2.45, 2.75) is 17.7 Å². The largest absolute Gasteiger partial charge is 0.356 e. The summed E-state index contributed by atoms with van der Waals surface area (Å²) in [7, 11) is -0.431. The minimum atomic E-state index is -3.70. The highest BCUT2D eigenvalue weighted by Crippen LogP contribution is 2.14. The molecule has 128 valence electrons. The fourth-order valence-corrected chi connectivity index (χ4v) is 2.97. The maximum atomic E-state index is 12.0. The fourth-order valence-electron chi connectivity index (χ4n) is 1.64. The van der Waals surface area contributed by atoms with Gasteiger partial charge in [0, 0.05) is 45.0 Å². The van der Waals surface area contributed by atoms with Crippen LogP contribution in [0.5, 0.6) is 0 Å². The van der Waals surface area contributed by atoms with Crippen LogP contribution in [0, 0.1) is 0 Å². The van der Waals surface area contributed by atoms with Gasteiger partial charge in [-0.05, 0) is 18.2 Å². The minimum absolute atomic E-state index is 0.0179. The topological polar surface area (TPSA) is 95.6 Å². The molecular weight excluding hydrogens is 342 g/mol. The van der Waals surface area contributed by atoms with Gasteiger partial charge < -0.3 is 10.2 Å². The summed E-state index contributed by atoms with van der Waals surface area (Å²) in [6.45, 7) is 0.180. The monoisotopic (exact) mass is 361 g/mol. The van der Waals surface area contributed by atoms with Gasteiger partial charge in [-0.15, -0.1) is 0 Å². The number of carbonyl (C=O) groups is 2. The molecule has 0 saturated carbocycles. The van der Waals surface area contributed by atoms with Crippen LogP contribution in [0.25, 0.3) is 0 Å². The second kappa shape index (κ2) is 8.85. The maximum absolute atomic E-state index is 12.0. The first-order chi connectivity index (χ1) is 10.7. The molecule has 0 atom stereocenters. The Balaban J connectivity index is 2.36. The number of nitrogens with one attached hydrogen (secondary N) is 2. The molecule has 2 N–H and O–H groups in total. The molecule has 0 bridgehead atoms. The predicted octanol–water partition coefficient (Wildman–Crippen LogP) is 0.603. The normalized spacial score (nSPS) is 11.1. The highest BCUT2D eigenvalue weighted by molar-refractivity contribution is 7.89. The third-order valence-corrected chi connectivity index (χ3v) is 4.60. The first-order valence-electron chi connectivity index (χ1n) is 6.94. The maximum Gasteiger partial charge on any atom is 0.240 e. The lowest BCUT2D eigenvalue weighted by atomic mass is 10.3. The van der Waals surface area contributed by atoms with Crippen LogP contribution in [-0.4, -0.2) is 52.3 Å². The average molecular weight is 362 g/mol. The third kappa shape index (κ3) is 6.98. The van der Waals surface area contributed by atoms with E-state index in [-0.39, 0.29) is 42.6 Å². The van der Waals surface area contributed by atoms with E-state index < -0.39 is 10.0 Å². The van der Waals surface area contributed by atoms with Gasteiger partial charge in [0.1, 0.15) is 0 Å². The van der Waals surface area contributed by atoms with Crippen LogP contribution >= 0.6 is 11.6 Å². The molecule has 0 aromatic heterocycles. The van der Waals surface area contributed by atoms with Crippen LogP contribution in [0.3, 0.4) is 0 Å². The Hall–Kier alpha value is -1.64. The summed E-state index contributed by atoms with van der Waals surface area (Å²) < 4.78 is 26.3. The zero-order valence-corrected chi connectivity index (χ0v) is 14.6. The van der Waals surface area contributed by atoms with Gasteiger partial charge in [-0.1, -0.05) is 17.7 Å². The number of halogens is 1. The van der Waals surface area contributed by atoms with Crippen molar-refractivity contribution in [2.75, 3.05) is 27.2 Å². The van der Waals surface area contributed by atoms with Crippen molar-refractivity contribution in [3.63, 3.8) is 0 Å². The summed E-state index contributed by atoms with van der Waals surface area (Å²) in [6, 6.07) is 5.85. The van der Waals surface area contributed by atoms with E-state index >= 15 is 0 Å². The molecular formula is C14H20ClN3O4S. The summed E-state index contributed by atoms with van der Waals surface area (Å²) in [4.78, 5) is 24.4. The Morgan fingerprint density at radius 1 is 1.17 bits per heavy atom. The number of carbonyl (C=O) groups excluding carboxylic acids is 2. The van der Waals surface area contributed by atoms with Crippen molar-refractivity contribution in [3.8, 4) is 0 Å². The number of hydrogen-bond donors (Lipinski definition) is 2. The lowest BCUT2D eigenvalue weighted by Crippen LogP contribution is -2.33. The first-order valence-corrected chi connectivity index (χ1v) is 8.80. The molecule has 0 saturated heterocycles. The summed E-state index contributed by atoms with van der Waals surface area (Å²) in [5.74, 6) is -0.419. The number of amides is 2. The molecule has 0 spiro atoms. The van der Waals surface area contributed by atoms with Crippen LogP contribution in [0.15, 0.2) is 29.2 Å². The highest BCUT2D eigenvalue weighted by atomic mass is 35.5. The molecule has 23 heavy (non-hydrogen) atoms. The van der Waals surface area contributed by atoms with Gasteiger partial charge >= 0.3 is 0 Å². The quantitative estimate of drug-likeness (QED) is 0.708. The van der Waals surface area contributed by atoms with Crippen LogP contribution in [-0.2, 0) is 19.6 Å². The molecule has 1 aromatic carbocycles. The number of nitrogens with zero attached hydrogens (tertiary/aromatic N) is 1. The molecule has 9 heteroatoms. The average Bonchev–Trinajstić information content (AvgIpc) is 2.46. The van der Waals surface area contributed by atoms with E-state index in [4.69, 9.17) is 11.6 Å². The Morgan fingerprint density at radius 3 is 2.48 bits per heavy atom. The second-order valence-corrected chi connectivity index (χ2v) is 7.20. The Morgan fingerprint density at radius 2 is 1.87 bits per heavy atom. The smallest absolute Gasteiger partial charge is 0.240 e. The van der Waals surface area contributed by atoms with E-state index in [1.54, 1.807) is 20.2 Å². The molecule has 0 fully saturated rings. The van der Waals surface area contributed by atoms with E-state index in [2.05, 4.69) is 10.0 Å². The standard InChI is InChI=1S/C14H20ClN3O4S/c1-18(2)14(20)7-8-16-13(19)6-9-17-23(21,22)12-5-3-4-11(15)10-12/h3-5,10,17H,6-9H2,1-2H3,(H,16,19).